The largest absolute Gasteiger partial charge is 0.389 e. The van der Waals surface area contributed by atoms with Gasteiger partial charge in [-0.05, 0) is 16.0 Å². The second kappa shape index (κ2) is 5.99. The summed E-state index contributed by atoms with van der Waals surface area (Å²) < 4.78 is 4.75. The zero-order valence-corrected chi connectivity index (χ0v) is 8.79. The van der Waals surface area contributed by atoms with Crippen molar-refractivity contribution in [2.45, 2.75) is 6.10 Å². The topological polar surface area (TPSA) is 97.5 Å². The van der Waals surface area contributed by atoms with Crippen LogP contribution in [0.15, 0.2) is 18.3 Å². The van der Waals surface area contributed by atoms with Crippen molar-refractivity contribution in [3.63, 3.8) is 0 Å². The summed E-state index contributed by atoms with van der Waals surface area (Å²) in [6.45, 7) is 0.529. The predicted molar refractivity (Wildman–Crippen MR) is 57.3 cm³/mol. The number of aliphatic hydroxyl groups is 1. The van der Waals surface area contributed by atoms with Crippen LogP contribution in [-0.2, 0) is 4.74 Å². The van der Waals surface area contributed by atoms with Crippen LogP contribution in [0.3, 0.4) is 0 Å². The van der Waals surface area contributed by atoms with E-state index in [9.17, 15) is 15.2 Å². The Morgan fingerprint density at radius 2 is 2.44 bits per heavy atom. The number of anilines is 1. The highest BCUT2D eigenvalue weighted by Crippen LogP contribution is 2.11. The lowest BCUT2D eigenvalue weighted by Gasteiger charge is -2.10. The van der Waals surface area contributed by atoms with Gasteiger partial charge in [-0.15, -0.1) is 0 Å². The SMILES string of the molecule is COCC(O)CNc1ccc([N+](=O)[O-])nc1. The van der Waals surface area contributed by atoms with E-state index in [-0.39, 0.29) is 12.4 Å². The van der Waals surface area contributed by atoms with E-state index in [0.29, 0.717) is 12.2 Å². The quantitative estimate of drug-likeness (QED) is 0.539. The molecular formula is C9H13N3O4. The van der Waals surface area contributed by atoms with E-state index in [4.69, 9.17) is 4.74 Å². The molecule has 1 aromatic rings. The third-order valence-electron chi connectivity index (χ3n) is 1.84. The van der Waals surface area contributed by atoms with Gasteiger partial charge in [0.1, 0.15) is 0 Å². The average molecular weight is 227 g/mol. The maximum Gasteiger partial charge on any atom is 0.363 e. The molecule has 16 heavy (non-hydrogen) atoms. The lowest BCUT2D eigenvalue weighted by molar-refractivity contribution is -0.389. The van der Waals surface area contributed by atoms with Gasteiger partial charge in [-0.2, -0.15) is 0 Å². The maximum absolute atomic E-state index is 10.3. The van der Waals surface area contributed by atoms with Gasteiger partial charge in [-0.1, -0.05) is 0 Å². The summed E-state index contributed by atoms with van der Waals surface area (Å²) in [5, 5.41) is 22.5. The first-order chi connectivity index (χ1) is 7.63. The minimum atomic E-state index is -0.625. The Hall–Kier alpha value is -1.73. The van der Waals surface area contributed by atoms with E-state index in [1.807, 2.05) is 0 Å². The molecule has 1 heterocycles. The highest BCUT2D eigenvalue weighted by atomic mass is 16.6. The highest BCUT2D eigenvalue weighted by Gasteiger charge is 2.07. The van der Waals surface area contributed by atoms with E-state index in [2.05, 4.69) is 10.3 Å². The second-order valence-electron chi connectivity index (χ2n) is 3.15. The molecule has 88 valence electrons. The van der Waals surface area contributed by atoms with E-state index in [1.54, 1.807) is 0 Å². The summed E-state index contributed by atoms with van der Waals surface area (Å²) >= 11 is 0. The van der Waals surface area contributed by atoms with Crippen molar-refractivity contribution in [2.24, 2.45) is 0 Å². The van der Waals surface area contributed by atoms with Crippen LogP contribution < -0.4 is 5.32 Å². The van der Waals surface area contributed by atoms with Crippen LogP contribution in [0.5, 0.6) is 0 Å². The molecule has 0 saturated carbocycles. The first kappa shape index (κ1) is 12.3. The molecule has 0 fully saturated rings. The van der Waals surface area contributed by atoms with Gasteiger partial charge >= 0.3 is 5.82 Å². The lowest BCUT2D eigenvalue weighted by atomic mass is 10.3. The molecule has 0 radical (unpaired) electrons. The molecule has 0 saturated heterocycles. The summed E-state index contributed by atoms with van der Waals surface area (Å²) in [7, 11) is 1.50. The summed E-state index contributed by atoms with van der Waals surface area (Å²) in [6, 6.07) is 2.83. The average Bonchev–Trinajstić information content (AvgIpc) is 2.27. The molecule has 0 bridgehead atoms. The number of rotatable bonds is 6. The van der Waals surface area contributed by atoms with Crippen LogP contribution >= 0.6 is 0 Å². The Morgan fingerprint density at radius 1 is 1.69 bits per heavy atom. The molecule has 1 rings (SSSR count). The number of ether oxygens (including phenoxy) is 1. The van der Waals surface area contributed by atoms with Gasteiger partial charge in [0.15, 0.2) is 6.20 Å². The molecule has 7 heteroatoms. The number of nitro groups is 1. The number of aliphatic hydroxyl groups excluding tert-OH is 1. The van der Waals surface area contributed by atoms with Crippen LogP contribution in [0.2, 0.25) is 0 Å². The monoisotopic (exact) mass is 227 g/mol. The Kier molecular flexibility index (Phi) is 4.62. The number of nitrogens with zero attached hydrogens (tertiary/aromatic N) is 2. The van der Waals surface area contributed by atoms with Crippen LogP contribution in [0.4, 0.5) is 11.5 Å². The molecule has 0 aliphatic rings. The molecule has 0 amide bonds. The smallest absolute Gasteiger partial charge is 0.363 e. The van der Waals surface area contributed by atoms with E-state index >= 15 is 0 Å². The number of aromatic nitrogens is 1. The number of hydrogen-bond acceptors (Lipinski definition) is 6. The van der Waals surface area contributed by atoms with Gasteiger partial charge in [-0.25, -0.2) is 0 Å². The minimum Gasteiger partial charge on any atom is -0.389 e. The molecule has 1 aromatic heterocycles. The standard InChI is InChI=1S/C9H13N3O4/c1-16-6-8(13)5-10-7-2-3-9(11-4-7)12(14)15/h2-4,8,10,13H,5-6H2,1H3. The Balaban J connectivity index is 2.46. The molecule has 0 spiro atoms. The summed E-state index contributed by atoms with van der Waals surface area (Å²) in [5.74, 6) is -0.206. The first-order valence-electron chi connectivity index (χ1n) is 4.65. The molecule has 2 N–H and O–H groups in total. The summed E-state index contributed by atoms with van der Waals surface area (Å²) in [4.78, 5) is 13.4. The Labute approximate surface area is 92.2 Å². The normalized spacial score (nSPS) is 12.1. The fourth-order valence-corrected chi connectivity index (χ4v) is 1.09. The van der Waals surface area contributed by atoms with Crippen molar-refractivity contribution in [2.75, 3.05) is 25.6 Å². The van der Waals surface area contributed by atoms with Crippen molar-refractivity contribution < 1.29 is 14.8 Å². The van der Waals surface area contributed by atoms with Gasteiger partial charge < -0.3 is 25.3 Å². The Morgan fingerprint density at radius 3 is 2.94 bits per heavy atom. The van der Waals surface area contributed by atoms with Crippen molar-refractivity contribution in [3.05, 3.63) is 28.4 Å². The molecule has 0 aromatic carbocycles. The second-order valence-corrected chi connectivity index (χ2v) is 3.15. The van der Waals surface area contributed by atoms with Crippen LogP contribution in [0, 0.1) is 10.1 Å². The van der Waals surface area contributed by atoms with E-state index < -0.39 is 11.0 Å². The van der Waals surface area contributed by atoms with Crippen molar-refractivity contribution >= 4 is 11.5 Å². The van der Waals surface area contributed by atoms with E-state index in [1.165, 1.54) is 25.4 Å². The van der Waals surface area contributed by atoms with Gasteiger partial charge in [-0.3, -0.25) is 0 Å². The summed E-state index contributed by atoms with van der Waals surface area (Å²) in [6.07, 6.45) is 0.720. The van der Waals surface area contributed by atoms with Crippen LogP contribution in [0.1, 0.15) is 0 Å². The van der Waals surface area contributed by atoms with Crippen molar-refractivity contribution in [1.82, 2.24) is 4.98 Å². The molecule has 0 aliphatic carbocycles. The number of methoxy groups -OCH3 is 1. The number of pyridine rings is 1. The highest BCUT2D eigenvalue weighted by molar-refractivity contribution is 5.43. The van der Waals surface area contributed by atoms with Crippen LogP contribution in [-0.4, -0.2) is 41.4 Å². The van der Waals surface area contributed by atoms with E-state index in [0.717, 1.165) is 0 Å². The maximum atomic E-state index is 10.3. The zero-order valence-electron chi connectivity index (χ0n) is 8.79. The number of hydrogen-bond donors (Lipinski definition) is 2. The predicted octanol–water partition coefficient (Wildman–Crippen LogP) is 0.409. The van der Waals surface area contributed by atoms with Crippen molar-refractivity contribution in [3.8, 4) is 0 Å². The molecule has 0 aliphatic heterocycles. The van der Waals surface area contributed by atoms with Gasteiger partial charge in [0.2, 0.25) is 0 Å². The lowest BCUT2D eigenvalue weighted by Crippen LogP contribution is -2.24. The third-order valence-corrected chi connectivity index (χ3v) is 1.84. The van der Waals surface area contributed by atoms with Crippen LogP contribution in [0.25, 0.3) is 0 Å². The molecule has 1 unspecified atom stereocenters. The fraction of sp³-hybridized carbons (Fsp3) is 0.444. The summed E-state index contributed by atoms with van der Waals surface area (Å²) in [5.41, 5.74) is 0.612. The molecule has 7 nitrogen and oxygen atoms in total. The van der Waals surface area contributed by atoms with Gasteiger partial charge in [0.05, 0.1) is 18.4 Å². The first-order valence-corrected chi connectivity index (χ1v) is 4.65. The number of nitrogens with one attached hydrogen (secondary N) is 1. The minimum absolute atomic E-state index is 0.206. The third kappa shape index (κ3) is 3.79. The van der Waals surface area contributed by atoms with Gasteiger partial charge in [0, 0.05) is 19.7 Å². The molecule has 1 atom stereocenters. The van der Waals surface area contributed by atoms with Gasteiger partial charge in [0.25, 0.3) is 0 Å². The van der Waals surface area contributed by atoms with Crippen molar-refractivity contribution in [1.29, 1.82) is 0 Å². The zero-order chi connectivity index (χ0) is 12.0. The Bertz CT molecular complexity index is 341. The molecular weight excluding hydrogens is 214 g/mol. The fourth-order valence-electron chi connectivity index (χ4n) is 1.09.